The topological polar surface area (TPSA) is 55.0 Å². The molecule has 3 rings (SSSR count). The van der Waals surface area contributed by atoms with Crippen LogP contribution in [0.2, 0.25) is 0 Å². The summed E-state index contributed by atoms with van der Waals surface area (Å²) in [4.78, 5) is 19.4. The zero-order valence-electron chi connectivity index (χ0n) is 10.7. The van der Waals surface area contributed by atoms with E-state index in [1.54, 1.807) is 13.2 Å². The molecule has 0 saturated carbocycles. The van der Waals surface area contributed by atoms with Crippen LogP contribution in [0.4, 0.5) is 0 Å². The Morgan fingerprint density at radius 3 is 2.80 bits per heavy atom. The fourth-order valence-corrected chi connectivity index (χ4v) is 2.59. The molecule has 1 heterocycles. The summed E-state index contributed by atoms with van der Waals surface area (Å²) in [5.74, 6) is 1.31. The number of rotatable bonds is 2. The number of hydrogen-bond acceptors (Lipinski definition) is 3. The van der Waals surface area contributed by atoms with E-state index >= 15 is 0 Å². The zero-order valence-corrected chi connectivity index (χ0v) is 12.8. The number of H-pyrrole nitrogens is 1. The zero-order chi connectivity index (χ0) is 14.1. The number of ether oxygens (including phenoxy) is 1. The van der Waals surface area contributed by atoms with Crippen molar-refractivity contribution in [1.82, 2.24) is 9.97 Å². The normalized spacial score (nSPS) is 10.7. The molecule has 2 aromatic carbocycles. The highest BCUT2D eigenvalue weighted by atomic mass is 127. The summed E-state index contributed by atoms with van der Waals surface area (Å²) in [5.41, 5.74) is 1.37. The predicted molar refractivity (Wildman–Crippen MR) is 87.1 cm³/mol. The maximum Gasteiger partial charge on any atom is 0.259 e. The first-order valence-corrected chi connectivity index (χ1v) is 7.10. The lowest BCUT2D eigenvalue weighted by molar-refractivity contribution is 0.412. The van der Waals surface area contributed by atoms with Crippen molar-refractivity contribution in [2.45, 2.75) is 0 Å². The number of aromatic nitrogens is 2. The van der Waals surface area contributed by atoms with E-state index < -0.39 is 0 Å². The van der Waals surface area contributed by atoms with E-state index in [1.165, 1.54) is 0 Å². The summed E-state index contributed by atoms with van der Waals surface area (Å²) < 4.78 is 6.31. The Hall–Kier alpha value is -1.89. The fourth-order valence-electron chi connectivity index (χ4n) is 2.03. The molecule has 0 aliphatic rings. The monoisotopic (exact) mass is 378 g/mol. The quantitative estimate of drug-likeness (QED) is 0.697. The summed E-state index contributed by atoms with van der Waals surface area (Å²) in [6.07, 6.45) is 0. The van der Waals surface area contributed by atoms with Crippen LogP contribution < -0.4 is 10.3 Å². The van der Waals surface area contributed by atoms with Crippen LogP contribution in [0.25, 0.3) is 22.3 Å². The van der Waals surface area contributed by atoms with Crippen LogP contribution in [-0.4, -0.2) is 17.1 Å². The third kappa shape index (κ3) is 2.29. The number of halogens is 1. The number of hydrogen-bond donors (Lipinski definition) is 1. The van der Waals surface area contributed by atoms with Crippen LogP contribution in [0, 0.1) is 3.57 Å². The Labute approximate surface area is 129 Å². The van der Waals surface area contributed by atoms with Gasteiger partial charge in [0.2, 0.25) is 0 Å². The second-order valence-electron chi connectivity index (χ2n) is 4.28. The molecule has 0 aliphatic carbocycles. The number of benzene rings is 2. The molecule has 0 unspecified atom stereocenters. The molecule has 0 fully saturated rings. The highest BCUT2D eigenvalue weighted by Crippen LogP contribution is 2.26. The maximum absolute atomic E-state index is 12.1. The van der Waals surface area contributed by atoms with Crippen molar-refractivity contribution in [3.63, 3.8) is 0 Å². The summed E-state index contributed by atoms with van der Waals surface area (Å²) in [6.45, 7) is 0. The Kier molecular flexibility index (Phi) is 3.43. The molecule has 1 N–H and O–H groups in total. The molecule has 0 aliphatic heterocycles. The van der Waals surface area contributed by atoms with E-state index in [4.69, 9.17) is 4.74 Å². The number of para-hydroxylation sites is 1. The highest BCUT2D eigenvalue weighted by Gasteiger charge is 2.08. The number of nitrogens with zero attached hydrogens (tertiary/aromatic N) is 1. The van der Waals surface area contributed by atoms with Crippen LogP contribution in [0.15, 0.2) is 47.3 Å². The number of methoxy groups -OCH3 is 1. The van der Waals surface area contributed by atoms with Crippen molar-refractivity contribution in [3.8, 4) is 17.1 Å². The molecule has 0 radical (unpaired) electrons. The summed E-state index contributed by atoms with van der Waals surface area (Å²) in [7, 11) is 1.62. The van der Waals surface area contributed by atoms with E-state index in [2.05, 4.69) is 32.6 Å². The minimum Gasteiger partial charge on any atom is -0.496 e. The largest absolute Gasteiger partial charge is 0.496 e. The van der Waals surface area contributed by atoms with Crippen LogP contribution in [-0.2, 0) is 0 Å². The Morgan fingerprint density at radius 1 is 1.20 bits per heavy atom. The van der Waals surface area contributed by atoms with Gasteiger partial charge >= 0.3 is 0 Å². The Balaban J connectivity index is 2.22. The van der Waals surface area contributed by atoms with Gasteiger partial charge in [-0.05, 0) is 52.9 Å². The summed E-state index contributed by atoms with van der Waals surface area (Å²) in [6, 6.07) is 13.0. The SMILES string of the molecule is COc1cc(-c2nc3ccccc3c(=O)[nH]2)ccc1I. The lowest BCUT2D eigenvalue weighted by atomic mass is 10.2. The van der Waals surface area contributed by atoms with Crippen LogP contribution in [0.5, 0.6) is 5.75 Å². The maximum atomic E-state index is 12.1. The molecular formula is C15H11IN2O2. The van der Waals surface area contributed by atoms with Crippen molar-refractivity contribution < 1.29 is 4.74 Å². The number of aromatic amines is 1. The third-order valence-electron chi connectivity index (χ3n) is 3.04. The lowest BCUT2D eigenvalue weighted by Gasteiger charge is -2.07. The van der Waals surface area contributed by atoms with Gasteiger partial charge in [0.15, 0.2) is 0 Å². The van der Waals surface area contributed by atoms with E-state index in [9.17, 15) is 4.79 Å². The first-order chi connectivity index (χ1) is 9.69. The molecule has 3 aromatic rings. The van der Waals surface area contributed by atoms with E-state index in [0.717, 1.165) is 14.9 Å². The van der Waals surface area contributed by atoms with Crippen molar-refractivity contribution in [1.29, 1.82) is 0 Å². The average Bonchev–Trinajstić information content (AvgIpc) is 2.47. The van der Waals surface area contributed by atoms with Gasteiger partial charge in [-0.3, -0.25) is 4.79 Å². The lowest BCUT2D eigenvalue weighted by Crippen LogP contribution is -2.09. The summed E-state index contributed by atoms with van der Waals surface area (Å²) >= 11 is 2.20. The second-order valence-corrected chi connectivity index (χ2v) is 5.44. The fraction of sp³-hybridized carbons (Fsp3) is 0.0667. The first-order valence-electron chi connectivity index (χ1n) is 6.02. The minimum atomic E-state index is -0.136. The van der Waals surface area contributed by atoms with Crippen molar-refractivity contribution in [3.05, 3.63) is 56.4 Å². The number of fused-ring (bicyclic) bond motifs is 1. The molecule has 0 spiro atoms. The van der Waals surface area contributed by atoms with E-state index in [-0.39, 0.29) is 5.56 Å². The van der Waals surface area contributed by atoms with Gasteiger partial charge in [0.05, 0.1) is 21.6 Å². The van der Waals surface area contributed by atoms with E-state index in [1.807, 2.05) is 36.4 Å². The van der Waals surface area contributed by atoms with Gasteiger partial charge in [0, 0.05) is 5.56 Å². The minimum absolute atomic E-state index is 0.136. The molecule has 20 heavy (non-hydrogen) atoms. The Morgan fingerprint density at radius 2 is 2.00 bits per heavy atom. The van der Waals surface area contributed by atoms with E-state index in [0.29, 0.717) is 16.7 Å². The number of nitrogens with one attached hydrogen (secondary N) is 1. The smallest absolute Gasteiger partial charge is 0.259 e. The van der Waals surface area contributed by atoms with Gasteiger partial charge in [-0.15, -0.1) is 0 Å². The molecule has 0 saturated heterocycles. The molecule has 0 atom stereocenters. The summed E-state index contributed by atoms with van der Waals surface area (Å²) in [5, 5.41) is 0.591. The molecule has 5 heteroatoms. The van der Waals surface area contributed by atoms with Crippen LogP contribution in [0.3, 0.4) is 0 Å². The van der Waals surface area contributed by atoms with Crippen LogP contribution >= 0.6 is 22.6 Å². The Bertz CT molecular complexity index is 843. The highest BCUT2D eigenvalue weighted by molar-refractivity contribution is 14.1. The van der Waals surface area contributed by atoms with Gasteiger partial charge in [-0.2, -0.15) is 0 Å². The van der Waals surface area contributed by atoms with Crippen molar-refractivity contribution in [2.24, 2.45) is 0 Å². The molecule has 0 amide bonds. The van der Waals surface area contributed by atoms with Crippen LogP contribution in [0.1, 0.15) is 0 Å². The molecule has 1 aromatic heterocycles. The molecule has 4 nitrogen and oxygen atoms in total. The van der Waals surface area contributed by atoms with Gasteiger partial charge < -0.3 is 9.72 Å². The van der Waals surface area contributed by atoms with Gasteiger partial charge in [-0.1, -0.05) is 12.1 Å². The van der Waals surface area contributed by atoms with Crippen molar-refractivity contribution in [2.75, 3.05) is 7.11 Å². The van der Waals surface area contributed by atoms with Gasteiger partial charge in [-0.25, -0.2) is 4.98 Å². The standard InChI is InChI=1S/C15H11IN2O2/c1-20-13-8-9(6-7-11(13)16)14-17-12-5-3-2-4-10(12)15(19)18-14/h2-8H,1H3,(H,17,18,19). The molecular weight excluding hydrogens is 367 g/mol. The predicted octanol–water partition coefficient (Wildman–Crippen LogP) is 3.20. The first kappa shape index (κ1) is 13.1. The van der Waals surface area contributed by atoms with Gasteiger partial charge in [0.25, 0.3) is 5.56 Å². The second kappa shape index (κ2) is 5.24. The average molecular weight is 378 g/mol. The molecule has 100 valence electrons. The van der Waals surface area contributed by atoms with Gasteiger partial charge in [0.1, 0.15) is 11.6 Å². The molecule has 0 bridgehead atoms. The van der Waals surface area contributed by atoms with Crippen molar-refractivity contribution >= 4 is 33.5 Å². The third-order valence-corrected chi connectivity index (χ3v) is 3.93.